The van der Waals surface area contributed by atoms with Gasteiger partial charge in [0.15, 0.2) is 5.78 Å². The second-order valence-corrected chi connectivity index (χ2v) is 6.57. The zero-order valence-electron chi connectivity index (χ0n) is 14.9. The Morgan fingerprint density at radius 2 is 1.92 bits per heavy atom. The Morgan fingerprint density at radius 1 is 1.16 bits per heavy atom. The summed E-state index contributed by atoms with van der Waals surface area (Å²) in [6, 6.07) is 13.6. The minimum Gasteiger partial charge on any atom is -0.496 e. The Balaban J connectivity index is 1.71. The number of Topliss-reactive ketones (excluding diaryl/α,β-unsaturated/α-hetero) is 1. The molecular weight excluding hydrogens is 314 g/mol. The third kappa shape index (κ3) is 3.43. The molecule has 130 valence electrons. The van der Waals surface area contributed by atoms with Crippen LogP contribution in [0.3, 0.4) is 0 Å². The van der Waals surface area contributed by atoms with Gasteiger partial charge >= 0.3 is 0 Å². The summed E-state index contributed by atoms with van der Waals surface area (Å²) in [5.74, 6) is 0.495. The fourth-order valence-corrected chi connectivity index (χ4v) is 3.46. The lowest BCUT2D eigenvalue weighted by atomic mass is 10.0. The highest BCUT2D eigenvalue weighted by molar-refractivity contribution is 6.03. The lowest BCUT2D eigenvalue weighted by Crippen LogP contribution is -2.35. The lowest BCUT2D eigenvalue weighted by Gasteiger charge is -2.22. The molecule has 4 heteroatoms. The highest BCUT2D eigenvalue weighted by Crippen LogP contribution is 2.32. The van der Waals surface area contributed by atoms with Crippen LogP contribution in [0.1, 0.15) is 41.3 Å². The van der Waals surface area contributed by atoms with Gasteiger partial charge in [-0.15, -0.1) is 0 Å². The summed E-state index contributed by atoms with van der Waals surface area (Å²) in [5, 5.41) is 0. The van der Waals surface area contributed by atoms with Crippen LogP contribution >= 0.6 is 0 Å². The summed E-state index contributed by atoms with van der Waals surface area (Å²) in [6.07, 6.45) is 1.25. The van der Waals surface area contributed by atoms with Crippen LogP contribution in [0.2, 0.25) is 0 Å². The number of rotatable bonds is 5. The molecule has 4 nitrogen and oxygen atoms in total. The number of benzene rings is 2. The van der Waals surface area contributed by atoms with Gasteiger partial charge in [0.25, 0.3) is 0 Å². The molecule has 0 radical (unpaired) electrons. The van der Waals surface area contributed by atoms with Crippen molar-refractivity contribution >= 4 is 17.4 Å². The van der Waals surface area contributed by atoms with Crippen LogP contribution < -0.4 is 9.64 Å². The Hall–Kier alpha value is -2.62. The topological polar surface area (TPSA) is 46.6 Å². The average molecular weight is 337 g/mol. The third-order valence-electron chi connectivity index (χ3n) is 4.70. The summed E-state index contributed by atoms with van der Waals surface area (Å²) in [4.78, 5) is 27.1. The van der Waals surface area contributed by atoms with Crippen molar-refractivity contribution in [3.05, 3.63) is 59.2 Å². The van der Waals surface area contributed by atoms with Crippen LogP contribution in [0, 0.1) is 6.92 Å². The minimum absolute atomic E-state index is 0.00239. The molecule has 1 amide bonds. The summed E-state index contributed by atoms with van der Waals surface area (Å²) in [6.45, 7) is 3.98. The van der Waals surface area contributed by atoms with Gasteiger partial charge in [0, 0.05) is 24.6 Å². The molecule has 0 N–H and O–H groups in total. The molecule has 2 aromatic carbocycles. The number of methoxy groups -OCH3 is 1. The number of hydrogen-bond acceptors (Lipinski definition) is 3. The number of para-hydroxylation sites is 1. The second kappa shape index (κ2) is 7.09. The van der Waals surface area contributed by atoms with Crippen molar-refractivity contribution in [2.24, 2.45) is 0 Å². The number of carbonyl (C=O) groups excluding carboxylic acids is 2. The van der Waals surface area contributed by atoms with Gasteiger partial charge in [0.2, 0.25) is 5.91 Å². The molecule has 0 bridgehead atoms. The van der Waals surface area contributed by atoms with Gasteiger partial charge in [0.05, 0.1) is 12.7 Å². The molecular formula is C21H23NO3. The van der Waals surface area contributed by atoms with Gasteiger partial charge in [0.1, 0.15) is 5.75 Å². The zero-order valence-corrected chi connectivity index (χ0v) is 14.9. The van der Waals surface area contributed by atoms with E-state index in [1.165, 1.54) is 5.56 Å². The van der Waals surface area contributed by atoms with E-state index in [2.05, 4.69) is 6.07 Å². The van der Waals surface area contributed by atoms with Gasteiger partial charge in [-0.05, 0) is 44.0 Å². The summed E-state index contributed by atoms with van der Waals surface area (Å²) < 4.78 is 5.28. The standard InChI is InChI=1S/C21H23NO3/c1-14-8-10-20(25-3)17(12-14)19(23)9-11-21(24)22-15(2)13-16-6-4-5-7-18(16)22/h4-8,10,12,15H,9,11,13H2,1-3H3/t15-/m0/s1. The molecule has 1 aliphatic rings. The van der Waals surface area contributed by atoms with Crippen molar-refractivity contribution in [3.8, 4) is 5.75 Å². The van der Waals surface area contributed by atoms with Crippen LogP contribution in [0.25, 0.3) is 0 Å². The number of amides is 1. The predicted octanol–water partition coefficient (Wildman–Crippen LogP) is 3.94. The summed E-state index contributed by atoms with van der Waals surface area (Å²) in [7, 11) is 1.55. The molecule has 0 unspecified atom stereocenters. The number of anilines is 1. The van der Waals surface area contributed by atoms with Crippen LogP contribution in [0.4, 0.5) is 5.69 Å². The van der Waals surface area contributed by atoms with Crippen LogP contribution in [-0.4, -0.2) is 24.8 Å². The number of hydrogen-bond donors (Lipinski definition) is 0. The van der Waals surface area contributed by atoms with E-state index in [0.29, 0.717) is 11.3 Å². The van der Waals surface area contributed by atoms with E-state index < -0.39 is 0 Å². The summed E-state index contributed by atoms with van der Waals surface area (Å²) >= 11 is 0. The molecule has 1 atom stereocenters. The lowest BCUT2D eigenvalue weighted by molar-refractivity contribution is -0.118. The largest absolute Gasteiger partial charge is 0.496 e. The smallest absolute Gasteiger partial charge is 0.227 e. The fourth-order valence-electron chi connectivity index (χ4n) is 3.46. The van der Waals surface area contributed by atoms with Gasteiger partial charge in [-0.25, -0.2) is 0 Å². The first kappa shape index (κ1) is 17.2. The first-order valence-corrected chi connectivity index (χ1v) is 8.59. The first-order valence-electron chi connectivity index (χ1n) is 8.59. The van der Waals surface area contributed by atoms with Gasteiger partial charge in [-0.3, -0.25) is 9.59 Å². The number of ketones is 1. The number of fused-ring (bicyclic) bond motifs is 1. The summed E-state index contributed by atoms with van der Waals surface area (Å²) in [5.41, 5.74) is 3.71. The molecule has 0 fully saturated rings. The SMILES string of the molecule is COc1ccc(C)cc1C(=O)CCC(=O)N1c2ccccc2C[C@@H]1C. The number of ether oxygens (including phenoxy) is 1. The van der Waals surface area contributed by atoms with Crippen molar-refractivity contribution in [1.29, 1.82) is 0 Å². The van der Waals surface area contributed by atoms with E-state index in [-0.39, 0.29) is 30.6 Å². The highest BCUT2D eigenvalue weighted by Gasteiger charge is 2.30. The van der Waals surface area contributed by atoms with Crippen molar-refractivity contribution in [2.75, 3.05) is 12.0 Å². The quantitative estimate of drug-likeness (QED) is 0.776. The van der Waals surface area contributed by atoms with Crippen LogP contribution in [0.15, 0.2) is 42.5 Å². The Kier molecular flexibility index (Phi) is 4.88. The number of aryl methyl sites for hydroxylation is 1. The monoisotopic (exact) mass is 337 g/mol. The fraction of sp³-hybridized carbons (Fsp3) is 0.333. The van der Waals surface area contributed by atoms with E-state index in [4.69, 9.17) is 4.74 Å². The maximum absolute atomic E-state index is 12.7. The third-order valence-corrected chi connectivity index (χ3v) is 4.70. The molecule has 1 heterocycles. The molecule has 25 heavy (non-hydrogen) atoms. The first-order chi connectivity index (χ1) is 12.0. The number of carbonyl (C=O) groups is 2. The Bertz CT molecular complexity index is 813. The van der Waals surface area contributed by atoms with E-state index in [9.17, 15) is 9.59 Å². The molecule has 0 aromatic heterocycles. The molecule has 0 aliphatic carbocycles. The van der Waals surface area contributed by atoms with Crippen molar-refractivity contribution < 1.29 is 14.3 Å². The van der Waals surface area contributed by atoms with Gasteiger partial charge in [-0.1, -0.05) is 29.8 Å². The molecule has 0 saturated heterocycles. The Labute approximate surface area is 148 Å². The van der Waals surface area contributed by atoms with Crippen molar-refractivity contribution in [3.63, 3.8) is 0 Å². The predicted molar refractivity (Wildman–Crippen MR) is 98.4 cm³/mol. The van der Waals surface area contributed by atoms with Gasteiger partial charge < -0.3 is 9.64 Å². The van der Waals surface area contributed by atoms with E-state index >= 15 is 0 Å². The molecule has 1 aliphatic heterocycles. The van der Waals surface area contributed by atoms with Crippen molar-refractivity contribution in [1.82, 2.24) is 0 Å². The van der Waals surface area contributed by atoms with Crippen molar-refractivity contribution in [2.45, 2.75) is 39.2 Å². The Morgan fingerprint density at radius 3 is 2.68 bits per heavy atom. The van der Waals surface area contributed by atoms with E-state index in [1.807, 2.05) is 49.1 Å². The maximum Gasteiger partial charge on any atom is 0.227 e. The van der Waals surface area contributed by atoms with Gasteiger partial charge in [-0.2, -0.15) is 0 Å². The van der Waals surface area contributed by atoms with Crippen LogP contribution in [0.5, 0.6) is 5.75 Å². The zero-order chi connectivity index (χ0) is 18.0. The maximum atomic E-state index is 12.7. The molecule has 0 saturated carbocycles. The molecule has 3 rings (SSSR count). The molecule has 2 aromatic rings. The normalized spacial score (nSPS) is 15.8. The number of nitrogens with zero attached hydrogens (tertiary/aromatic N) is 1. The van der Waals surface area contributed by atoms with E-state index in [1.54, 1.807) is 13.2 Å². The second-order valence-electron chi connectivity index (χ2n) is 6.57. The van der Waals surface area contributed by atoms with Crippen LogP contribution in [-0.2, 0) is 11.2 Å². The minimum atomic E-state index is -0.0611. The van der Waals surface area contributed by atoms with E-state index in [0.717, 1.165) is 17.7 Å². The highest BCUT2D eigenvalue weighted by atomic mass is 16.5. The average Bonchev–Trinajstić information content (AvgIpc) is 2.95. The molecule has 0 spiro atoms.